The number of rotatable bonds is 11. The van der Waals surface area contributed by atoms with E-state index in [2.05, 4.69) is 68.5 Å². The number of hydrogen-bond acceptors (Lipinski definition) is 8. The van der Waals surface area contributed by atoms with E-state index in [1.807, 2.05) is 43.5 Å². The normalized spacial score (nSPS) is 14.9. The van der Waals surface area contributed by atoms with Crippen LogP contribution in [-0.4, -0.2) is 50.2 Å². The lowest BCUT2D eigenvalue weighted by Gasteiger charge is -2.13. The topological polar surface area (TPSA) is 114 Å². The molecule has 5 aromatic rings. The second-order valence-electron chi connectivity index (χ2n) is 12.8. The van der Waals surface area contributed by atoms with E-state index in [1.54, 1.807) is 11.3 Å². The van der Waals surface area contributed by atoms with Crippen molar-refractivity contribution in [2.24, 2.45) is 4.99 Å². The highest BCUT2D eigenvalue weighted by Crippen LogP contribution is 2.39. The van der Waals surface area contributed by atoms with Gasteiger partial charge in [0.25, 0.3) is 0 Å². The Morgan fingerprint density at radius 1 is 0.918 bits per heavy atom. The van der Waals surface area contributed by atoms with Crippen molar-refractivity contribution >= 4 is 46.2 Å². The number of hydrogen-bond donors (Lipinski definition) is 2. The van der Waals surface area contributed by atoms with Crippen LogP contribution in [0.1, 0.15) is 76.1 Å². The third-order valence-electron chi connectivity index (χ3n) is 9.30. The summed E-state index contributed by atoms with van der Waals surface area (Å²) in [7, 11) is 0. The Morgan fingerprint density at radius 2 is 1.67 bits per heavy atom. The van der Waals surface area contributed by atoms with Gasteiger partial charge in [-0.3, -0.25) is 19.1 Å². The van der Waals surface area contributed by atoms with Crippen LogP contribution in [0.15, 0.2) is 65.8 Å². The van der Waals surface area contributed by atoms with E-state index >= 15 is 0 Å². The zero-order valence-electron chi connectivity index (χ0n) is 27.8. The maximum absolute atomic E-state index is 13.2. The minimum atomic E-state index is -0.485. The summed E-state index contributed by atoms with van der Waals surface area (Å²) in [6.45, 7) is 7.56. The summed E-state index contributed by atoms with van der Waals surface area (Å²) < 4.78 is 2.07. The highest BCUT2D eigenvalue weighted by atomic mass is 35.5. The summed E-state index contributed by atoms with van der Waals surface area (Å²) in [6, 6.07) is 17.5. The van der Waals surface area contributed by atoms with Gasteiger partial charge >= 0.3 is 0 Å². The number of nitrogens with one attached hydrogen (secondary N) is 2. The van der Waals surface area contributed by atoms with Gasteiger partial charge in [-0.2, -0.15) is 0 Å². The van der Waals surface area contributed by atoms with Gasteiger partial charge in [0.05, 0.1) is 12.1 Å². The first kappa shape index (κ1) is 32.9. The van der Waals surface area contributed by atoms with E-state index in [9.17, 15) is 9.59 Å². The molecule has 1 atom stereocenters. The summed E-state index contributed by atoms with van der Waals surface area (Å²) in [4.78, 5) is 36.0. The number of unbranched alkanes of at least 4 members (excludes halogenated alkanes) is 2. The summed E-state index contributed by atoms with van der Waals surface area (Å²) in [5.74, 6) is 2.50. The van der Waals surface area contributed by atoms with Gasteiger partial charge in [-0.15, -0.1) is 21.5 Å². The lowest BCUT2D eigenvalue weighted by atomic mass is 9.99. The first-order valence-corrected chi connectivity index (χ1v) is 17.9. The van der Waals surface area contributed by atoms with Gasteiger partial charge in [-0.25, -0.2) is 4.98 Å². The van der Waals surface area contributed by atoms with Gasteiger partial charge in [0.1, 0.15) is 28.5 Å². The van der Waals surface area contributed by atoms with E-state index < -0.39 is 6.04 Å². The van der Waals surface area contributed by atoms with Crippen molar-refractivity contribution in [1.29, 1.82) is 0 Å². The maximum atomic E-state index is 13.2. The molecule has 250 valence electrons. The molecule has 0 spiro atoms. The van der Waals surface area contributed by atoms with E-state index in [0.717, 1.165) is 87.1 Å². The smallest absolute Gasteiger partial charge is 0.222 e. The van der Waals surface area contributed by atoms with Crippen molar-refractivity contribution in [2.75, 3.05) is 18.4 Å². The predicted molar refractivity (Wildman–Crippen MR) is 195 cm³/mol. The zero-order valence-corrected chi connectivity index (χ0v) is 29.4. The number of amides is 1. The highest BCUT2D eigenvalue weighted by Gasteiger charge is 2.32. The number of benzene rings is 2. The van der Waals surface area contributed by atoms with E-state index in [-0.39, 0.29) is 18.1 Å². The molecular weight excluding hydrogens is 654 g/mol. The van der Waals surface area contributed by atoms with Gasteiger partial charge in [0.15, 0.2) is 5.82 Å². The van der Waals surface area contributed by atoms with E-state index in [1.165, 1.54) is 4.88 Å². The van der Waals surface area contributed by atoms with Gasteiger partial charge < -0.3 is 10.6 Å². The third kappa shape index (κ3) is 6.93. The number of anilines is 1. The molecular formula is C38H38ClN7O2S. The molecule has 0 unspecified atom stereocenters. The molecule has 1 aliphatic carbocycles. The molecule has 0 fully saturated rings. The standard InChI is InChI=1S/C38H38ClN7O2S/c1-22-23(2)49-38-35(22)36(25-9-12-30(39)13-10-25)43-32(37-45-44-24(3)46(37)38)20-34(48)41-16-6-4-5-15-40-33-14-11-28(21-42-33)26-7-8-27-18-31(47)19-29(27)17-26/h7-14,17,21,32H,4-6,15-16,18-20H2,1-3H3,(H,40,42)(H,41,48)/t32-/m0/s1. The van der Waals surface area contributed by atoms with Crippen molar-refractivity contribution in [1.82, 2.24) is 25.1 Å². The summed E-state index contributed by atoms with van der Waals surface area (Å²) in [5.41, 5.74) is 8.39. The fraction of sp³-hybridized carbons (Fsp3) is 0.316. The molecule has 1 aliphatic heterocycles. The average Bonchev–Trinajstić information content (AvgIpc) is 3.73. The SMILES string of the molecule is Cc1sc2c(c1C)C(c1ccc(Cl)cc1)=N[C@@H](CC(=O)NCCCCCNc1ccc(-c3ccc4c(c3)CC(=O)C4)cn1)c1nnc(C)n1-2. The Labute approximate surface area is 294 Å². The number of halogens is 1. The van der Waals surface area contributed by atoms with Gasteiger partial charge in [-0.05, 0) is 86.6 Å². The van der Waals surface area contributed by atoms with Crippen LogP contribution < -0.4 is 10.6 Å². The van der Waals surface area contributed by atoms with Crippen LogP contribution in [0.2, 0.25) is 5.02 Å². The van der Waals surface area contributed by atoms with E-state index in [4.69, 9.17) is 16.6 Å². The van der Waals surface area contributed by atoms with Crippen molar-refractivity contribution in [2.45, 2.75) is 65.3 Å². The van der Waals surface area contributed by atoms with Crippen LogP contribution >= 0.6 is 22.9 Å². The molecule has 4 heterocycles. The fourth-order valence-electron chi connectivity index (χ4n) is 6.55. The fourth-order valence-corrected chi connectivity index (χ4v) is 7.89. The van der Waals surface area contributed by atoms with Gasteiger partial charge in [0.2, 0.25) is 5.91 Å². The lowest BCUT2D eigenvalue weighted by molar-refractivity contribution is -0.121. The van der Waals surface area contributed by atoms with Crippen LogP contribution in [0.4, 0.5) is 5.82 Å². The number of nitrogens with zero attached hydrogens (tertiary/aromatic N) is 5. The monoisotopic (exact) mass is 691 g/mol. The molecule has 0 bridgehead atoms. The minimum absolute atomic E-state index is 0.0630. The lowest BCUT2D eigenvalue weighted by Crippen LogP contribution is -2.26. The van der Waals surface area contributed by atoms with Crippen LogP contribution in [0.5, 0.6) is 0 Å². The molecule has 9 nitrogen and oxygen atoms in total. The number of aryl methyl sites for hydroxylation is 2. The van der Waals surface area contributed by atoms with Gasteiger partial charge in [0, 0.05) is 58.7 Å². The maximum Gasteiger partial charge on any atom is 0.222 e. The molecule has 1 amide bonds. The van der Waals surface area contributed by atoms with Crippen molar-refractivity contribution in [3.8, 4) is 16.1 Å². The molecule has 49 heavy (non-hydrogen) atoms. The first-order valence-electron chi connectivity index (χ1n) is 16.7. The number of aliphatic imine (C=N–C) groups is 1. The Morgan fingerprint density at radius 3 is 2.47 bits per heavy atom. The summed E-state index contributed by atoms with van der Waals surface area (Å²) in [6.07, 6.45) is 5.92. The highest BCUT2D eigenvalue weighted by molar-refractivity contribution is 7.15. The Bertz CT molecular complexity index is 2060. The molecule has 2 aliphatic rings. The van der Waals surface area contributed by atoms with Crippen molar-refractivity contribution < 1.29 is 9.59 Å². The third-order valence-corrected chi connectivity index (χ3v) is 10.7. The average molecular weight is 692 g/mol. The zero-order chi connectivity index (χ0) is 34.1. The Balaban J connectivity index is 0.919. The largest absolute Gasteiger partial charge is 0.370 e. The van der Waals surface area contributed by atoms with Crippen molar-refractivity contribution in [3.05, 3.63) is 110 Å². The molecule has 3 aromatic heterocycles. The molecule has 2 aromatic carbocycles. The van der Waals surface area contributed by atoms with Crippen LogP contribution in [0, 0.1) is 20.8 Å². The minimum Gasteiger partial charge on any atom is -0.370 e. The molecule has 7 rings (SSSR count). The molecule has 11 heteroatoms. The molecule has 0 saturated heterocycles. The van der Waals surface area contributed by atoms with Gasteiger partial charge in [-0.1, -0.05) is 41.9 Å². The van der Waals surface area contributed by atoms with E-state index in [0.29, 0.717) is 30.2 Å². The van der Waals surface area contributed by atoms with Crippen LogP contribution in [-0.2, 0) is 22.4 Å². The Kier molecular flexibility index (Phi) is 9.42. The number of pyridine rings is 1. The number of fused-ring (bicyclic) bond motifs is 4. The second kappa shape index (κ2) is 14.1. The number of carbonyl (C=O) groups is 2. The Hall–Kier alpha value is -4.67. The molecule has 0 radical (unpaired) electrons. The summed E-state index contributed by atoms with van der Waals surface area (Å²) in [5, 5.41) is 17.1. The van der Waals surface area contributed by atoms with Crippen molar-refractivity contribution in [3.63, 3.8) is 0 Å². The predicted octanol–water partition coefficient (Wildman–Crippen LogP) is 7.32. The first-order chi connectivity index (χ1) is 23.7. The van der Waals surface area contributed by atoms with Crippen LogP contribution in [0.25, 0.3) is 16.1 Å². The molecule has 2 N–H and O–H groups in total. The number of Topliss-reactive ketones (excluding diaryl/α,β-unsaturated/α-hetero) is 1. The number of thiophene rings is 1. The number of ketones is 1. The summed E-state index contributed by atoms with van der Waals surface area (Å²) >= 11 is 7.92. The quantitative estimate of drug-likeness (QED) is 0.140. The second-order valence-corrected chi connectivity index (χ2v) is 14.4. The number of carbonyl (C=O) groups excluding carboxylic acids is 2. The van der Waals surface area contributed by atoms with Crippen LogP contribution in [0.3, 0.4) is 0 Å². The molecule has 0 saturated carbocycles. The number of aromatic nitrogens is 4.